The maximum atomic E-state index is 12.7. The SMILES string of the molecule is CN(C)[C@@H]1CCCC[C@H]1NC(=S)Nc1cccc(C(F)(F)F)c1. The lowest BCUT2D eigenvalue weighted by atomic mass is 9.90. The summed E-state index contributed by atoms with van der Waals surface area (Å²) in [6.45, 7) is 0. The third-order valence-corrected chi connectivity index (χ3v) is 4.38. The number of anilines is 1. The van der Waals surface area contributed by atoms with Crippen molar-refractivity contribution in [1.29, 1.82) is 0 Å². The van der Waals surface area contributed by atoms with Gasteiger partial charge in [-0.15, -0.1) is 0 Å². The summed E-state index contributed by atoms with van der Waals surface area (Å²) >= 11 is 5.27. The van der Waals surface area contributed by atoms with Crippen molar-refractivity contribution in [2.45, 2.75) is 43.9 Å². The monoisotopic (exact) mass is 345 g/mol. The van der Waals surface area contributed by atoms with Gasteiger partial charge in [0.05, 0.1) is 5.56 Å². The lowest BCUT2D eigenvalue weighted by Crippen LogP contribution is -2.52. The van der Waals surface area contributed by atoms with Gasteiger partial charge in [0.25, 0.3) is 0 Å². The number of likely N-dealkylation sites (N-methyl/N-ethyl adjacent to an activating group) is 1. The summed E-state index contributed by atoms with van der Waals surface area (Å²) < 4.78 is 38.2. The molecule has 23 heavy (non-hydrogen) atoms. The van der Waals surface area contributed by atoms with Crippen LogP contribution in [0.5, 0.6) is 0 Å². The molecule has 1 aliphatic rings. The maximum absolute atomic E-state index is 12.7. The van der Waals surface area contributed by atoms with Crippen LogP contribution < -0.4 is 10.6 Å². The number of halogens is 3. The van der Waals surface area contributed by atoms with E-state index in [0.717, 1.165) is 31.4 Å². The van der Waals surface area contributed by atoms with E-state index in [0.29, 0.717) is 16.8 Å². The quantitative estimate of drug-likeness (QED) is 0.814. The van der Waals surface area contributed by atoms with Crippen LogP contribution in [0.25, 0.3) is 0 Å². The third kappa shape index (κ3) is 5.07. The topological polar surface area (TPSA) is 27.3 Å². The van der Waals surface area contributed by atoms with E-state index in [1.165, 1.54) is 12.5 Å². The van der Waals surface area contributed by atoms with Gasteiger partial charge in [0.15, 0.2) is 5.11 Å². The van der Waals surface area contributed by atoms with Crippen molar-refractivity contribution in [3.8, 4) is 0 Å². The minimum Gasteiger partial charge on any atom is -0.358 e. The summed E-state index contributed by atoms with van der Waals surface area (Å²) in [6.07, 6.45) is 0.0687. The van der Waals surface area contributed by atoms with E-state index in [4.69, 9.17) is 12.2 Å². The average Bonchev–Trinajstić information content (AvgIpc) is 2.46. The maximum Gasteiger partial charge on any atom is 0.416 e. The Morgan fingerprint density at radius 1 is 1.22 bits per heavy atom. The van der Waals surface area contributed by atoms with Crippen LogP contribution in [-0.4, -0.2) is 36.2 Å². The number of nitrogens with one attached hydrogen (secondary N) is 2. The molecule has 0 aromatic heterocycles. The number of hydrogen-bond acceptors (Lipinski definition) is 2. The minimum atomic E-state index is -4.36. The Balaban J connectivity index is 1.99. The Morgan fingerprint density at radius 2 is 1.91 bits per heavy atom. The van der Waals surface area contributed by atoms with Gasteiger partial charge in [-0.25, -0.2) is 0 Å². The Labute approximate surface area is 140 Å². The van der Waals surface area contributed by atoms with E-state index in [1.54, 1.807) is 6.07 Å². The summed E-state index contributed by atoms with van der Waals surface area (Å²) in [7, 11) is 4.07. The van der Waals surface area contributed by atoms with Crippen molar-refractivity contribution in [2.24, 2.45) is 0 Å². The lowest BCUT2D eigenvalue weighted by Gasteiger charge is -2.37. The summed E-state index contributed by atoms with van der Waals surface area (Å²) in [5, 5.41) is 6.48. The molecular formula is C16H22F3N3S. The first-order valence-corrected chi connectivity index (χ1v) is 8.09. The summed E-state index contributed by atoms with van der Waals surface area (Å²) in [5.74, 6) is 0. The van der Waals surface area contributed by atoms with Crippen molar-refractivity contribution in [3.63, 3.8) is 0 Å². The molecule has 2 N–H and O–H groups in total. The van der Waals surface area contributed by atoms with Crippen molar-refractivity contribution >= 4 is 23.0 Å². The van der Waals surface area contributed by atoms with Crippen LogP contribution in [-0.2, 0) is 6.18 Å². The Bertz CT molecular complexity index is 546. The lowest BCUT2D eigenvalue weighted by molar-refractivity contribution is -0.137. The molecule has 2 rings (SSSR count). The molecule has 1 aromatic rings. The third-order valence-electron chi connectivity index (χ3n) is 4.16. The highest BCUT2D eigenvalue weighted by Gasteiger charge is 2.30. The van der Waals surface area contributed by atoms with Crippen molar-refractivity contribution in [2.75, 3.05) is 19.4 Å². The average molecular weight is 345 g/mol. The fraction of sp³-hybridized carbons (Fsp3) is 0.562. The zero-order valence-corrected chi connectivity index (χ0v) is 14.1. The van der Waals surface area contributed by atoms with Crippen molar-refractivity contribution in [3.05, 3.63) is 29.8 Å². The second-order valence-corrected chi connectivity index (χ2v) is 6.51. The van der Waals surface area contributed by atoms with Crippen molar-refractivity contribution in [1.82, 2.24) is 10.2 Å². The van der Waals surface area contributed by atoms with E-state index in [2.05, 4.69) is 15.5 Å². The fourth-order valence-corrected chi connectivity index (χ4v) is 3.28. The van der Waals surface area contributed by atoms with Gasteiger partial charge in [-0.3, -0.25) is 0 Å². The molecule has 7 heteroatoms. The smallest absolute Gasteiger partial charge is 0.358 e. The van der Waals surface area contributed by atoms with Crippen LogP contribution in [0.1, 0.15) is 31.2 Å². The highest BCUT2D eigenvalue weighted by molar-refractivity contribution is 7.80. The summed E-state index contributed by atoms with van der Waals surface area (Å²) in [6, 6.07) is 5.66. The molecule has 2 atom stereocenters. The molecule has 0 radical (unpaired) electrons. The van der Waals surface area contributed by atoms with Crippen LogP contribution in [0, 0.1) is 0 Å². The predicted molar refractivity (Wildman–Crippen MR) is 90.5 cm³/mol. The molecule has 1 aromatic carbocycles. The van der Waals surface area contributed by atoms with Gasteiger partial charge in [0.1, 0.15) is 0 Å². The minimum absolute atomic E-state index is 0.213. The number of thiocarbonyl (C=S) groups is 1. The second kappa shape index (κ2) is 7.49. The molecule has 0 unspecified atom stereocenters. The first-order chi connectivity index (χ1) is 10.8. The molecule has 0 aliphatic heterocycles. The highest BCUT2D eigenvalue weighted by Crippen LogP contribution is 2.30. The zero-order valence-electron chi connectivity index (χ0n) is 13.3. The van der Waals surface area contributed by atoms with E-state index >= 15 is 0 Å². The zero-order chi connectivity index (χ0) is 17.0. The van der Waals surface area contributed by atoms with Gasteiger partial charge in [-0.05, 0) is 57.4 Å². The summed E-state index contributed by atoms with van der Waals surface area (Å²) in [5.41, 5.74) is -0.344. The van der Waals surface area contributed by atoms with Crippen LogP contribution in [0.3, 0.4) is 0 Å². The first-order valence-electron chi connectivity index (χ1n) is 7.68. The standard InChI is InChI=1S/C16H22F3N3S/c1-22(2)14-9-4-3-8-13(14)21-15(23)20-12-7-5-6-11(10-12)16(17,18)19/h5-7,10,13-14H,3-4,8-9H2,1-2H3,(H2,20,21,23)/t13-,14-/m1/s1. The number of benzene rings is 1. The Morgan fingerprint density at radius 3 is 2.57 bits per heavy atom. The van der Waals surface area contributed by atoms with Gasteiger partial charge in [-0.2, -0.15) is 13.2 Å². The van der Waals surface area contributed by atoms with Crippen LogP contribution in [0.2, 0.25) is 0 Å². The van der Waals surface area contributed by atoms with Gasteiger partial charge >= 0.3 is 6.18 Å². The molecule has 128 valence electrons. The van der Waals surface area contributed by atoms with E-state index in [-0.39, 0.29) is 6.04 Å². The molecule has 1 aliphatic carbocycles. The number of alkyl halides is 3. The molecule has 0 bridgehead atoms. The molecule has 3 nitrogen and oxygen atoms in total. The van der Waals surface area contributed by atoms with Crippen LogP contribution in [0.15, 0.2) is 24.3 Å². The van der Waals surface area contributed by atoms with E-state index < -0.39 is 11.7 Å². The van der Waals surface area contributed by atoms with Gasteiger partial charge in [0.2, 0.25) is 0 Å². The number of rotatable bonds is 3. The highest BCUT2D eigenvalue weighted by atomic mass is 32.1. The van der Waals surface area contributed by atoms with Crippen LogP contribution in [0.4, 0.5) is 18.9 Å². The normalized spacial score (nSPS) is 22.0. The van der Waals surface area contributed by atoms with Gasteiger partial charge < -0.3 is 15.5 Å². The molecule has 0 heterocycles. The Hall–Kier alpha value is -1.34. The summed E-state index contributed by atoms with van der Waals surface area (Å²) in [4.78, 5) is 2.17. The number of nitrogens with zero attached hydrogens (tertiary/aromatic N) is 1. The predicted octanol–water partition coefficient (Wildman–Crippen LogP) is 3.86. The van der Waals surface area contributed by atoms with Crippen LogP contribution >= 0.6 is 12.2 Å². The fourth-order valence-electron chi connectivity index (χ4n) is 3.01. The molecular weight excluding hydrogens is 323 g/mol. The van der Waals surface area contributed by atoms with E-state index in [1.807, 2.05) is 14.1 Å². The molecule has 0 amide bonds. The molecule has 0 spiro atoms. The number of hydrogen-bond donors (Lipinski definition) is 2. The van der Waals surface area contributed by atoms with Gasteiger partial charge in [0, 0.05) is 17.8 Å². The largest absolute Gasteiger partial charge is 0.416 e. The Kier molecular flexibility index (Phi) is 5.86. The van der Waals surface area contributed by atoms with Crippen molar-refractivity contribution < 1.29 is 13.2 Å². The first kappa shape index (κ1) is 18.0. The second-order valence-electron chi connectivity index (χ2n) is 6.10. The molecule has 0 saturated heterocycles. The molecule has 1 fully saturated rings. The van der Waals surface area contributed by atoms with E-state index in [9.17, 15) is 13.2 Å². The van der Waals surface area contributed by atoms with Gasteiger partial charge in [-0.1, -0.05) is 18.9 Å². The molecule has 1 saturated carbocycles.